The van der Waals surface area contributed by atoms with Gasteiger partial charge in [0.1, 0.15) is 12.3 Å². The van der Waals surface area contributed by atoms with E-state index in [1.165, 1.54) is 4.90 Å². The zero-order valence-electron chi connectivity index (χ0n) is 15.6. The van der Waals surface area contributed by atoms with Crippen LogP contribution in [-0.4, -0.2) is 50.0 Å². The number of halogens is 1. The highest BCUT2D eigenvalue weighted by molar-refractivity contribution is 6.30. The third kappa shape index (κ3) is 6.28. The maximum atomic E-state index is 12.2. The quantitative estimate of drug-likeness (QED) is 0.682. The molecule has 2 aromatic carbocycles. The van der Waals surface area contributed by atoms with Crippen molar-refractivity contribution in [1.82, 2.24) is 10.2 Å². The summed E-state index contributed by atoms with van der Waals surface area (Å²) in [5, 5.41) is 2.93. The fourth-order valence-corrected chi connectivity index (χ4v) is 2.46. The number of methoxy groups -OCH3 is 1. The molecule has 8 heteroatoms. The van der Waals surface area contributed by atoms with Gasteiger partial charge in [-0.1, -0.05) is 29.8 Å². The van der Waals surface area contributed by atoms with Crippen LogP contribution >= 0.6 is 11.6 Å². The van der Waals surface area contributed by atoms with E-state index in [1.807, 2.05) is 18.2 Å². The maximum Gasteiger partial charge on any atom is 0.325 e. The van der Waals surface area contributed by atoms with Crippen LogP contribution in [0, 0.1) is 0 Å². The number of carbonyl (C=O) groups is 3. The number of rotatable bonds is 8. The van der Waals surface area contributed by atoms with E-state index >= 15 is 0 Å². The third-order valence-corrected chi connectivity index (χ3v) is 4.13. The molecule has 0 fully saturated rings. The van der Waals surface area contributed by atoms with E-state index in [9.17, 15) is 14.4 Å². The van der Waals surface area contributed by atoms with Gasteiger partial charge in [-0.05, 0) is 30.3 Å². The number of nitrogens with zero attached hydrogens (tertiary/aromatic N) is 1. The minimum atomic E-state index is -0.707. The van der Waals surface area contributed by atoms with Crippen LogP contribution in [0.1, 0.15) is 15.9 Å². The second-order valence-electron chi connectivity index (χ2n) is 5.91. The number of benzene rings is 2. The lowest BCUT2D eigenvalue weighted by Crippen LogP contribution is -2.34. The van der Waals surface area contributed by atoms with Crippen LogP contribution in [0.25, 0.3) is 0 Å². The van der Waals surface area contributed by atoms with E-state index < -0.39 is 18.5 Å². The molecule has 0 aliphatic carbocycles. The van der Waals surface area contributed by atoms with Crippen LogP contribution < -0.4 is 10.1 Å². The van der Waals surface area contributed by atoms with Crippen LogP contribution in [0.2, 0.25) is 5.02 Å². The smallest absolute Gasteiger partial charge is 0.325 e. The Balaban J connectivity index is 1.76. The predicted molar refractivity (Wildman–Crippen MR) is 104 cm³/mol. The lowest BCUT2D eigenvalue weighted by Gasteiger charge is -2.18. The molecule has 0 spiro atoms. The number of carbonyl (C=O) groups excluding carboxylic acids is 3. The Morgan fingerprint density at radius 3 is 2.43 bits per heavy atom. The molecule has 0 aliphatic rings. The fraction of sp³-hybridized carbons (Fsp3) is 0.250. The largest absolute Gasteiger partial charge is 0.496 e. The molecule has 0 bridgehead atoms. The van der Waals surface area contributed by atoms with E-state index in [1.54, 1.807) is 44.5 Å². The molecule has 28 heavy (non-hydrogen) atoms. The second kappa shape index (κ2) is 10.3. The Kier molecular flexibility index (Phi) is 7.83. The van der Waals surface area contributed by atoms with Crippen LogP contribution in [0.5, 0.6) is 5.75 Å². The van der Waals surface area contributed by atoms with Crippen molar-refractivity contribution in [2.45, 2.75) is 6.54 Å². The second-order valence-corrected chi connectivity index (χ2v) is 6.35. The molecule has 0 saturated carbocycles. The number of likely N-dealkylation sites (N-methyl/N-ethyl adjacent to an activating group) is 1. The number of nitrogens with one attached hydrogen (secondary N) is 1. The van der Waals surface area contributed by atoms with E-state index in [0.29, 0.717) is 22.9 Å². The number of para-hydroxylation sites is 1. The fourth-order valence-electron chi connectivity index (χ4n) is 2.34. The normalized spacial score (nSPS) is 10.1. The minimum Gasteiger partial charge on any atom is -0.496 e. The van der Waals surface area contributed by atoms with Gasteiger partial charge in [-0.15, -0.1) is 0 Å². The molecular formula is C20H21ClN2O5. The van der Waals surface area contributed by atoms with Crippen molar-refractivity contribution < 1.29 is 23.9 Å². The molecule has 7 nitrogen and oxygen atoms in total. The molecule has 0 unspecified atom stereocenters. The van der Waals surface area contributed by atoms with E-state index in [2.05, 4.69) is 5.32 Å². The Labute approximate surface area is 168 Å². The van der Waals surface area contributed by atoms with Gasteiger partial charge < -0.3 is 19.7 Å². The monoisotopic (exact) mass is 404 g/mol. The van der Waals surface area contributed by atoms with Gasteiger partial charge in [0.2, 0.25) is 0 Å². The zero-order valence-corrected chi connectivity index (χ0v) is 16.4. The lowest BCUT2D eigenvalue weighted by molar-refractivity contribution is -0.150. The first-order valence-corrected chi connectivity index (χ1v) is 8.83. The van der Waals surface area contributed by atoms with Gasteiger partial charge in [-0.25, -0.2) is 0 Å². The highest BCUT2D eigenvalue weighted by Crippen LogP contribution is 2.18. The molecule has 0 heterocycles. The van der Waals surface area contributed by atoms with Gasteiger partial charge >= 0.3 is 5.97 Å². The molecule has 2 rings (SSSR count). The van der Waals surface area contributed by atoms with Crippen molar-refractivity contribution in [3.05, 3.63) is 64.7 Å². The minimum absolute atomic E-state index is 0.313. The molecule has 0 radical (unpaired) electrons. The van der Waals surface area contributed by atoms with Crippen molar-refractivity contribution in [2.75, 3.05) is 27.3 Å². The first-order chi connectivity index (χ1) is 13.4. The van der Waals surface area contributed by atoms with Crippen molar-refractivity contribution >= 4 is 29.4 Å². The van der Waals surface area contributed by atoms with Crippen molar-refractivity contribution in [3.63, 3.8) is 0 Å². The van der Waals surface area contributed by atoms with Crippen molar-refractivity contribution in [2.24, 2.45) is 0 Å². The summed E-state index contributed by atoms with van der Waals surface area (Å²) < 4.78 is 10.2. The molecule has 148 valence electrons. The van der Waals surface area contributed by atoms with Gasteiger partial charge in [-0.2, -0.15) is 0 Å². The summed E-state index contributed by atoms with van der Waals surface area (Å²) in [6.45, 7) is -0.444. The molecule has 0 aliphatic heterocycles. The molecule has 1 N–H and O–H groups in total. The zero-order chi connectivity index (χ0) is 20.5. The highest BCUT2D eigenvalue weighted by Gasteiger charge is 2.15. The van der Waals surface area contributed by atoms with Gasteiger partial charge in [-0.3, -0.25) is 14.4 Å². The maximum absolute atomic E-state index is 12.2. The lowest BCUT2D eigenvalue weighted by atomic mass is 10.2. The molecule has 0 atom stereocenters. The van der Waals surface area contributed by atoms with E-state index in [0.717, 1.165) is 5.56 Å². The summed E-state index contributed by atoms with van der Waals surface area (Å²) in [5.41, 5.74) is 1.20. The van der Waals surface area contributed by atoms with Crippen LogP contribution in [0.15, 0.2) is 48.5 Å². The van der Waals surface area contributed by atoms with Gasteiger partial charge in [0.25, 0.3) is 11.8 Å². The van der Waals surface area contributed by atoms with Crippen LogP contribution in [0.3, 0.4) is 0 Å². The third-order valence-electron chi connectivity index (χ3n) is 3.88. The number of amides is 2. The standard InChI is InChI=1S/C20H21ClN2O5/c1-23(12-15-5-3-4-6-17(15)27-2)18(24)13-28-19(25)11-22-20(26)14-7-9-16(21)10-8-14/h3-10H,11-13H2,1-2H3,(H,22,26). The number of esters is 1. The Morgan fingerprint density at radius 2 is 1.75 bits per heavy atom. The summed E-state index contributed by atoms with van der Waals surface area (Å²) in [6.07, 6.45) is 0. The van der Waals surface area contributed by atoms with Gasteiger partial charge in [0.15, 0.2) is 6.61 Å². The highest BCUT2D eigenvalue weighted by atomic mass is 35.5. The molecule has 2 amide bonds. The number of ether oxygens (including phenoxy) is 2. The van der Waals surface area contributed by atoms with Crippen molar-refractivity contribution in [3.8, 4) is 5.75 Å². The molecular weight excluding hydrogens is 384 g/mol. The van der Waals surface area contributed by atoms with E-state index in [4.69, 9.17) is 21.1 Å². The summed E-state index contributed by atoms with van der Waals surface area (Å²) in [4.78, 5) is 37.3. The summed E-state index contributed by atoms with van der Waals surface area (Å²) in [6, 6.07) is 13.6. The summed E-state index contributed by atoms with van der Waals surface area (Å²) in [7, 11) is 3.16. The Hall–Kier alpha value is -3.06. The van der Waals surface area contributed by atoms with E-state index in [-0.39, 0.29) is 12.5 Å². The molecule has 0 saturated heterocycles. The van der Waals surface area contributed by atoms with Crippen LogP contribution in [-0.2, 0) is 20.9 Å². The summed E-state index contributed by atoms with van der Waals surface area (Å²) >= 11 is 5.76. The molecule has 0 aromatic heterocycles. The first-order valence-electron chi connectivity index (χ1n) is 8.46. The predicted octanol–water partition coefficient (Wildman–Crippen LogP) is 2.28. The van der Waals surface area contributed by atoms with Crippen molar-refractivity contribution in [1.29, 1.82) is 0 Å². The average Bonchev–Trinajstić information content (AvgIpc) is 2.71. The Bertz CT molecular complexity index is 839. The SMILES string of the molecule is COc1ccccc1CN(C)C(=O)COC(=O)CNC(=O)c1ccc(Cl)cc1. The first kappa shape index (κ1) is 21.2. The Morgan fingerprint density at radius 1 is 1.07 bits per heavy atom. The number of hydrogen-bond acceptors (Lipinski definition) is 5. The summed E-state index contributed by atoms with van der Waals surface area (Å²) in [5.74, 6) is -0.845. The average molecular weight is 405 g/mol. The number of hydrogen-bond donors (Lipinski definition) is 1. The van der Waals surface area contributed by atoms with Gasteiger partial charge in [0.05, 0.1) is 7.11 Å². The molecule has 2 aromatic rings. The topological polar surface area (TPSA) is 84.9 Å². The van der Waals surface area contributed by atoms with Gasteiger partial charge in [0, 0.05) is 29.7 Å². The van der Waals surface area contributed by atoms with Crippen LogP contribution in [0.4, 0.5) is 0 Å².